The molecular weight excluding hydrogens is 362 g/mol. The van der Waals surface area contributed by atoms with Gasteiger partial charge < -0.3 is 37.2 Å². The van der Waals surface area contributed by atoms with Crippen molar-refractivity contribution in [3.63, 3.8) is 0 Å². The lowest BCUT2D eigenvalue weighted by atomic mass is 9.98. The number of hydrogen-bond acceptors (Lipinski definition) is 7. The molecule has 0 aliphatic rings. The van der Waals surface area contributed by atoms with Crippen LogP contribution in [0.4, 0.5) is 0 Å². The van der Waals surface area contributed by atoms with Crippen molar-refractivity contribution >= 4 is 11.8 Å². The molecule has 8 N–H and O–H groups in total. The second-order valence-electron chi connectivity index (χ2n) is 8.76. The van der Waals surface area contributed by atoms with Crippen LogP contribution in [-0.4, -0.2) is 71.1 Å². The van der Waals surface area contributed by atoms with Crippen LogP contribution in [0.5, 0.6) is 0 Å². The van der Waals surface area contributed by atoms with E-state index in [2.05, 4.69) is 21.3 Å². The third-order valence-corrected chi connectivity index (χ3v) is 4.36. The summed E-state index contributed by atoms with van der Waals surface area (Å²) >= 11 is 0. The van der Waals surface area contributed by atoms with Crippen molar-refractivity contribution in [2.45, 2.75) is 90.3 Å². The summed E-state index contributed by atoms with van der Waals surface area (Å²) in [5, 5.41) is 30.2. The number of carbonyl (C=O) groups excluding carboxylic acids is 2. The first-order chi connectivity index (χ1) is 12.8. The molecule has 0 aromatic rings. The Morgan fingerprint density at radius 1 is 0.893 bits per heavy atom. The van der Waals surface area contributed by atoms with Crippen LogP contribution in [0.2, 0.25) is 0 Å². The average molecular weight is 404 g/mol. The van der Waals surface area contributed by atoms with Crippen LogP contribution in [0, 0.1) is 0 Å². The number of amides is 2. The molecule has 0 spiro atoms. The highest BCUT2D eigenvalue weighted by Gasteiger charge is 2.26. The van der Waals surface area contributed by atoms with Gasteiger partial charge in [0.25, 0.3) is 0 Å². The van der Waals surface area contributed by atoms with Crippen molar-refractivity contribution in [1.82, 2.24) is 21.3 Å². The van der Waals surface area contributed by atoms with E-state index in [0.29, 0.717) is 6.42 Å². The van der Waals surface area contributed by atoms with Crippen molar-refractivity contribution in [1.29, 1.82) is 0 Å². The molecule has 0 unspecified atom stereocenters. The number of carbonyl (C=O) groups is 2. The molecule has 0 heterocycles. The number of aliphatic hydroxyl groups excluding tert-OH is 1. The summed E-state index contributed by atoms with van der Waals surface area (Å²) in [7, 11) is 0. The minimum atomic E-state index is -1.45. The Labute approximate surface area is 169 Å². The minimum absolute atomic E-state index is 0.0955. The lowest BCUT2D eigenvalue weighted by Crippen LogP contribution is -2.56. The lowest BCUT2D eigenvalue weighted by Gasteiger charge is -2.30. The largest absolute Gasteiger partial charge is 0.368 e. The summed E-state index contributed by atoms with van der Waals surface area (Å²) in [6.45, 7) is 12.6. The number of hydrogen-bond donors (Lipinski definition) is 7. The van der Waals surface area contributed by atoms with Crippen LogP contribution < -0.4 is 27.0 Å². The first kappa shape index (κ1) is 26.7. The van der Waals surface area contributed by atoms with Crippen molar-refractivity contribution in [3.05, 3.63) is 0 Å². The maximum Gasteiger partial charge on any atom is 0.238 e. The summed E-state index contributed by atoms with van der Waals surface area (Å²) in [6, 6.07) is -1.05. The maximum absolute atomic E-state index is 12.5. The Morgan fingerprint density at radius 2 is 1.39 bits per heavy atom. The zero-order valence-corrected chi connectivity index (χ0v) is 18.3. The first-order valence-corrected chi connectivity index (χ1v) is 9.98. The SMILES string of the molecule is CCC(C)(C)N[C@@H](CCC(O)O)C(=O)NCCNC(=O)[C@H](CN)NC(C)(C)C. The fraction of sp³-hybridized carbons (Fsp3) is 0.895. The Balaban J connectivity index is 4.54. The van der Waals surface area contributed by atoms with Gasteiger partial charge in [-0.25, -0.2) is 0 Å². The van der Waals surface area contributed by atoms with Crippen LogP contribution in [-0.2, 0) is 9.59 Å². The van der Waals surface area contributed by atoms with E-state index in [0.717, 1.165) is 6.42 Å². The molecule has 9 nitrogen and oxygen atoms in total. The van der Waals surface area contributed by atoms with Gasteiger partial charge in [-0.05, 0) is 53.9 Å². The molecule has 0 bridgehead atoms. The zero-order valence-electron chi connectivity index (χ0n) is 18.3. The molecule has 28 heavy (non-hydrogen) atoms. The number of nitrogens with two attached hydrogens (primary N) is 1. The predicted molar refractivity (Wildman–Crippen MR) is 111 cm³/mol. The second-order valence-corrected chi connectivity index (χ2v) is 8.76. The van der Waals surface area contributed by atoms with Gasteiger partial charge in [-0.3, -0.25) is 9.59 Å². The molecule has 0 aliphatic heterocycles. The summed E-state index contributed by atoms with van der Waals surface area (Å²) < 4.78 is 0. The fourth-order valence-electron chi connectivity index (χ4n) is 2.53. The summed E-state index contributed by atoms with van der Waals surface area (Å²) in [4.78, 5) is 24.7. The normalized spacial score (nSPS) is 14.6. The average Bonchev–Trinajstić information content (AvgIpc) is 2.58. The Kier molecular flexibility index (Phi) is 11.8. The van der Waals surface area contributed by atoms with E-state index in [4.69, 9.17) is 15.9 Å². The van der Waals surface area contributed by atoms with Crippen LogP contribution in [0.3, 0.4) is 0 Å². The van der Waals surface area contributed by atoms with Gasteiger partial charge in [0.05, 0.1) is 12.1 Å². The van der Waals surface area contributed by atoms with Crippen molar-refractivity contribution in [2.24, 2.45) is 5.73 Å². The molecule has 2 amide bonds. The van der Waals surface area contributed by atoms with Gasteiger partial charge in [0, 0.05) is 30.7 Å². The molecular formula is C19H41N5O4. The maximum atomic E-state index is 12.5. The van der Waals surface area contributed by atoms with Gasteiger partial charge in [-0.15, -0.1) is 0 Å². The van der Waals surface area contributed by atoms with Gasteiger partial charge in [-0.2, -0.15) is 0 Å². The highest BCUT2D eigenvalue weighted by atomic mass is 16.5. The van der Waals surface area contributed by atoms with Crippen molar-refractivity contribution < 1.29 is 19.8 Å². The predicted octanol–water partition coefficient (Wildman–Crippen LogP) is -0.828. The standard InChI is InChI=1S/C19H41N5O4/c1-7-19(5,6)24-13(8-9-15(25)26)16(27)21-10-11-22-17(28)14(12-20)23-18(2,3)4/h13-15,23-26H,7-12,20H2,1-6H3,(H,21,27)(H,22,28)/t13-,14-/m0/s1. The summed E-state index contributed by atoms with van der Waals surface area (Å²) in [5.41, 5.74) is 5.16. The number of rotatable bonds is 13. The van der Waals surface area contributed by atoms with Gasteiger partial charge in [0.1, 0.15) is 0 Å². The highest BCUT2D eigenvalue weighted by Crippen LogP contribution is 2.11. The monoisotopic (exact) mass is 403 g/mol. The molecule has 0 fully saturated rings. The van der Waals surface area contributed by atoms with E-state index in [1.165, 1.54) is 0 Å². The van der Waals surface area contributed by atoms with E-state index in [9.17, 15) is 9.59 Å². The number of nitrogens with one attached hydrogen (secondary N) is 4. The first-order valence-electron chi connectivity index (χ1n) is 9.98. The highest BCUT2D eigenvalue weighted by molar-refractivity contribution is 5.83. The van der Waals surface area contributed by atoms with Crippen molar-refractivity contribution in [3.8, 4) is 0 Å². The Hall–Kier alpha value is -1.26. The van der Waals surface area contributed by atoms with E-state index in [1.807, 2.05) is 41.5 Å². The van der Waals surface area contributed by atoms with Gasteiger partial charge in [-0.1, -0.05) is 6.92 Å². The van der Waals surface area contributed by atoms with Crippen LogP contribution >= 0.6 is 0 Å². The molecule has 166 valence electrons. The van der Waals surface area contributed by atoms with E-state index >= 15 is 0 Å². The van der Waals surface area contributed by atoms with Crippen LogP contribution in [0.15, 0.2) is 0 Å². The minimum Gasteiger partial charge on any atom is -0.368 e. The Morgan fingerprint density at radius 3 is 1.79 bits per heavy atom. The second kappa shape index (κ2) is 12.3. The van der Waals surface area contributed by atoms with Crippen LogP contribution in [0.25, 0.3) is 0 Å². The van der Waals surface area contributed by atoms with Crippen LogP contribution in [0.1, 0.15) is 60.8 Å². The van der Waals surface area contributed by atoms with Crippen molar-refractivity contribution in [2.75, 3.05) is 19.6 Å². The van der Waals surface area contributed by atoms with E-state index in [-0.39, 0.29) is 48.9 Å². The molecule has 0 saturated heterocycles. The zero-order chi connectivity index (χ0) is 22.0. The Bertz CT molecular complexity index is 477. The molecule has 9 heteroatoms. The van der Waals surface area contributed by atoms with Gasteiger partial charge in [0.2, 0.25) is 11.8 Å². The molecule has 0 radical (unpaired) electrons. The smallest absolute Gasteiger partial charge is 0.238 e. The third-order valence-electron chi connectivity index (χ3n) is 4.36. The van der Waals surface area contributed by atoms with E-state index < -0.39 is 18.4 Å². The number of aliphatic hydroxyl groups is 2. The molecule has 0 rings (SSSR count). The third kappa shape index (κ3) is 12.2. The van der Waals surface area contributed by atoms with Gasteiger partial charge in [0.15, 0.2) is 6.29 Å². The lowest BCUT2D eigenvalue weighted by molar-refractivity contribution is -0.125. The van der Waals surface area contributed by atoms with Gasteiger partial charge >= 0.3 is 0 Å². The molecule has 0 saturated carbocycles. The summed E-state index contributed by atoms with van der Waals surface area (Å²) in [6.07, 6.45) is -0.248. The fourth-order valence-corrected chi connectivity index (χ4v) is 2.53. The topological polar surface area (TPSA) is 149 Å². The molecule has 0 aliphatic carbocycles. The summed E-state index contributed by atoms with van der Waals surface area (Å²) in [5.74, 6) is -0.448. The molecule has 0 aromatic carbocycles. The quantitative estimate of drug-likeness (QED) is 0.157. The van der Waals surface area contributed by atoms with E-state index in [1.54, 1.807) is 0 Å². The molecule has 0 aromatic heterocycles. The molecule has 2 atom stereocenters.